The number of nitrogens with one attached hydrogen (secondary N) is 1. The second-order valence-electron chi connectivity index (χ2n) is 6.53. The van der Waals surface area contributed by atoms with E-state index < -0.39 is 18.1 Å². The van der Waals surface area contributed by atoms with Gasteiger partial charge in [-0.25, -0.2) is 0 Å². The van der Waals surface area contributed by atoms with Gasteiger partial charge >= 0.3 is 0 Å². The molecular formula is C14H23N3O3. The number of aliphatic hydroxyl groups excluding tert-OH is 1. The van der Waals surface area contributed by atoms with Crippen molar-refractivity contribution in [3.8, 4) is 0 Å². The minimum absolute atomic E-state index is 0.0309. The van der Waals surface area contributed by atoms with Crippen LogP contribution in [0.4, 0.5) is 0 Å². The molecule has 4 unspecified atom stereocenters. The number of carbonyl (C=O) groups is 2. The minimum Gasteiger partial charge on any atom is -0.391 e. The van der Waals surface area contributed by atoms with E-state index in [1.807, 2.05) is 0 Å². The molecule has 0 aromatic heterocycles. The molecule has 3 heterocycles. The van der Waals surface area contributed by atoms with Crippen LogP contribution in [0.5, 0.6) is 0 Å². The van der Waals surface area contributed by atoms with Crippen LogP contribution in [0, 0.1) is 5.92 Å². The van der Waals surface area contributed by atoms with Crippen molar-refractivity contribution >= 4 is 11.8 Å². The fourth-order valence-corrected chi connectivity index (χ4v) is 4.07. The van der Waals surface area contributed by atoms with Gasteiger partial charge in [-0.3, -0.25) is 9.59 Å². The molecule has 3 saturated heterocycles. The first kappa shape index (κ1) is 13.8. The van der Waals surface area contributed by atoms with Crippen LogP contribution >= 0.6 is 0 Å². The Morgan fingerprint density at radius 1 is 1.20 bits per heavy atom. The maximum atomic E-state index is 12.4. The summed E-state index contributed by atoms with van der Waals surface area (Å²) in [6.07, 6.45) is 4.63. The van der Waals surface area contributed by atoms with Crippen molar-refractivity contribution in [1.82, 2.24) is 10.2 Å². The highest BCUT2D eigenvalue weighted by molar-refractivity contribution is 5.87. The van der Waals surface area contributed by atoms with Gasteiger partial charge in [0.15, 0.2) is 0 Å². The Morgan fingerprint density at radius 3 is 2.45 bits per heavy atom. The van der Waals surface area contributed by atoms with Crippen molar-refractivity contribution < 1.29 is 14.7 Å². The molecule has 3 rings (SSSR count). The minimum atomic E-state index is -0.629. The molecule has 2 amide bonds. The number of rotatable bonds is 3. The van der Waals surface area contributed by atoms with Gasteiger partial charge in [0.25, 0.3) is 0 Å². The van der Waals surface area contributed by atoms with E-state index in [-0.39, 0.29) is 18.9 Å². The number of fused-ring (bicyclic) bond motifs is 2. The number of primary amides is 1. The molecule has 20 heavy (non-hydrogen) atoms. The third kappa shape index (κ3) is 2.67. The summed E-state index contributed by atoms with van der Waals surface area (Å²) < 4.78 is 0. The number of carbonyl (C=O) groups excluding carboxylic acids is 2. The number of nitrogens with two attached hydrogens (primary N) is 1. The van der Waals surface area contributed by atoms with Gasteiger partial charge in [-0.2, -0.15) is 0 Å². The first-order valence-corrected chi connectivity index (χ1v) is 7.56. The van der Waals surface area contributed by atoms with Gasteiger partial charge in [0.2, 0.25) is 11.8 Å². The van der Waals surface area contributed by atoms with E-state index in [9.17, 15) is 14.7 Å². The van der Waals surface area contributed by atoms with Crippen molar-refractivity contribution in [3.05, 3.63) is 0 Å². The lowest BCUT2D eigenvalue weighted by molar-refractivity contribution is -0.138. The number of amides is 2. The number of likely N-dealkylation sites (tertiary alicyclic amines) is 1. The summed E-state index contributed by atoms with van der Waals surface area (Å²) in [6, 6.07) is 0.487. The third-order valence-electron chi connectivity index (χ3n) is 4.96. The van der Waals surface area contributed by atoms with Gasteiger partial charge in [-0.1, -0.05) is 0 Å². The number of hydrogen-bond acceptors (Lipinski definition) is 4. The zero-order valence-electron chi connectivity index (χ0n) is 11.6. The van der Waals surface area contributed by atoms with Crippen LogP contribution in [0.2, 0.25) is 0 Å². The third-order valence-corrected chi connectivity index (χ3v) is 4.96. The number of nitrogens with zero attached hydrogens (tertiary/aromatic N) is 1. The van der Waals surface area contributed by atoms with Crippen molar-refractivity contribution in [1.29, 1.82) is 0 Å². The Balaban J connectivity index is 1.60. The summed E-state index contributed by atoms with van der Waals surface area (Å²) >= 11 is 0. The number of hydrogen-bond donors (Lipinski definition) is 3. The molecule has 2 bridgehead atoms. The fraction of sp³-hybridized carbons (Fsp3) is 0.857. The molecule has 3 aliphatic heterocycles. The fourth-order valence-electron chi connectivity index (χ4n) is 4.07. The summed E-state index contributed by atoms with van der Waals surface area (Å²) in [4.78, 5) is 25.3. The molecule has 0 aliphatic carbocycles. The Labute approximate surface area is 118 Å². The standard InChI is InChI=1S/C14H23N3O3/c15-14(20)12-6-11(18)7-17(12)13(19)5-8-3-9-1-2-10(4-8)16-9/h8-12,16,18H,1-7H2,(H2,15,20). The lowest BCUT2D eigenvalue weighted by Gasteiger charge is -2.30. The predicted molar refractivity (Wildman–Crippen MR) is 72.6 cm³/mol. The van der Waals surface area contributed by atoms with Crippen LogP contribution in [0.3, 0.4) is 0 Å². The molecule has 4 N–H and O–H groups in total. The summed E-state index contributed by atoms with van der Waals surface area (Å²) in [5, 5.41) is 13.2. The van der Waals surface area contributed by atoms with E-state index in [2.05, 4.69) is 5.32 Å². The molecule has 0 aromatic carbocycles. The average molecular weight is 281 g/mol. The van der Waals surface area contributed by atoms with E-state index >= 15 is 0 Å². The quantitative estimate of drug-likeness (QED) is 0.641. The van der Waals surface area contributed by atoms with Gasteiger partial charge in [0.05, 0.1) is 6.10 Å². The Hall–Kier alpha value is -1.14. The van der Waals surface area contributed by atoms with Gasteiger partial charge in [-0.05, 0) is 31.6 Å². The zero-order valence-corrected chi connectivity index (χ0v) is 11.6. The van der Waals surface area contributed by atoms with Crippen LogP contribution in [0.25, 0.3) is 0 Å². The van der Waals surface area contributed by atoms with E-state index in [0.29, 0.717) is 24.4 Å². The Bertz CT molecular complexity index is 402. The lowest BCUT2D eigenvalue weighted by Crippen LogP contribution is -2.45. The number of β-amino-alcohol motifs (C(OH)–C–C–N with tert-alkyl or cyclic N) is 1. The molecule has 0 spiro atoms. The molecule has 112 valence electrons. The van der Waals surface area contributed by atoms with E-state index in [1.165, 1.54) is 17.7 Å². The first-order valence-electron chi connectivity index (χ1n) is 7.56. The second-order valence-corrected chi connectivity index (χ2v) is 6.53. The lowest BCUT2D eigenvalue weighted by atomic mass is 9.89. The van der Waals surface area contributed by atoms with Crippen molar-refractivity contribution in [2.45, 2.75) is 62.8 Å². The average Bonchev–Trinajstić information content (AvgIpc) is 2.93. The Morgan fingerprint density at radius 2 is 1.85 bits per heavy atom. The molecule has 0 aromatic rings. The van der Waals surface area contributed by atoms with Gasteiger partial charge in [0, 0.05) is 31.5 Å². The molecule has 0 saturated carbocycles. The van der Waals surface area contributed by atoms with E-state index in [1.54, 1.807) is 0 Å². The highest BCUT2D eigenvalue weighted by atomic mass is 16.3. The van der Waals surface area contributed by atoms with Crippen LogP contribution in [0.1, 0.15) is 38.5 Å². The van der Waals surface area contributed by atoms with Crippen LogP contribution in [0.15, 0.2) is 0 Å². The van der Waals surface area contributed by atoms with Gasteiger partial charge in [0.1, 0.15) is 6.04 Å². The summed E-state index contributed by atoms with van der Waals surface area (Å²) in [5.41, 5.74) is 5.32. The van der Waals surface area contributed by atoms with Crippen molar-refractivity contribution in [2.24, 2.45) is 11.7 Å². The molecule has 3 fully saturated rings. The Kier molecular flexibility index (Phi) is 3.69. The number of piperidine rings is 1. The maximum Gasteiger partial charge on any atom is 0.240 e. The van der Waals surface area contributed by atoms with Gasteiger partial charge < -0.3 is 21.1 Å². The number of aliphatic hydroxyl groups is 1. The molecular weight excluding hydrogens is 258 g/mol. The SMILES string of the molecule is NC(=O)C1CC(O)CN1C(=O)CC1CC2CCC(C1)N2. The molecule has 3 aliphatic rings. The van der Waals surface area contributed by atoms with Crippen LogP contribution in [-0.4, -0.2) is 52.6 Å². The van der Waals surface area contributed by atoms with E-state index in [4.69, 9.17) is 5.73 Å². The second kappa shape index (κ2) is 5.33. The largest absolute Gasteiger partial charge is 0.391 e. The first-order chi connectivity index (χ1) is 9.52. The smallest absolute Gasteiger partial charge is 0.240 e. The molecule has 6 heteroatoms. The van der Waals surface area contributed by atoms with Gasteiger partial charge in [-0.15, -0.1) is 0 Å². The highest BCUT2D eigenvalue weighted by Gasteiger charge is 2.40. The van der Waals surface area contributed by atoms with Crippen molar-refractivity contribution in [3.63, 3.8) is 0 Å². The van der Waals surface area contributed by atoms with Crippen molar-refractivity contribution in [2.75, 3.05) is 6.54 Å². The summed E-state index contributed by atoms with van der Waals surface area (Å²) in [6.45, 7) is 0.240. The monoisotopic (exact) mass is 281 g/mol. The van der Waals surface area contributed by atoms with E-state index in [0.717, 1.165) is 12.8 Å². The van der Waals surface area contributed by atoms with Crippen LogP contribution < -0.4 is 11.1 Å². The summed E-state index contributed by atoms with van der Waals surface area (Å²) in [7, 11) is 0. The molecule has 4 atom stereocenters. The molecule has 6 nitrogen and oxygen atoms in total. The maximum absolute atomic E-state index is 12.4. The summed E-state index contributed by atoms with van der Waals surface area (Å²) in [5.74, 6) is -0.149. The highest BCUT2D eigenvalue weighted by Crippen LogP contribution is 2.33. The van der Waals surface area contributed by atoms with Crippen LogP contribution in [-0.2, 0) is 9.59 Å². The topological polar surface area (TPSA) is 95.7 Å². The molecule has 0 radical (unpaired) electrons. The predicted octanol–water partition coefficient (Wildman–Crippen LogP) is -0.646. The zero-order chi connectivity index (χ0) is 14.3. The normalized spacial score (nSPS) is 40.0.